The lowest BCUT2D eigenvalue weighted by Crippen LogP contribution is -2.48. The fourth-order valence-corrected chi connectivity index (χ4v) is 5.32. The molecule has 0 unspecified atom stereocenters. The number of benzene rings is 3. The molecule has 22 heteroatoms. The summed E-state index contributed by atoms with van der Waals surface area (Å²) in [5, 5.41) is 26.7. The number of non-ortho nitro benzene ring substituents is 1. The van der Waals surface area contributed by atoms with Gasteiger partial charge in [-0.15, -0.1) is 0 Å². The molecule has 0 radical (unpaired) electrons. The lowest BCUT2D eigenvalue weighted by Gasteiger charge is -2.10. The topological polar surface area (TPSA) is 298 Å². The Kier molecular flexibility index (Phi) is 9.19. The van der Waals surface area contributed by atoms with Gasteiger partial charge >= 0.3 is 10.4 Å². The number of nitrogens with one attached hydrogen (secondary N) is 2. The van der Waals surface area contributed by atoms with Gasteiger partial charge in [-0.25, -0.2) is 12.6 Å². The summed E-state index contributed by atoms with van der Waals surface area (Å²) in [5.41, 5.74) is 1.16. The molecule has 3 rings (SSSR count). The molecule has 0 saturated carbocycles. The molecular weight excluding hydrogens is 630 g/mol. The largest absolute Gasteiger partial charge is 0.505 e. The van der Waals surface area contributed by atoms with Crippen molar-refractivity contribution in [2.75, 3.05) is 23.2 Å². The number of nitro benzene ring substituents is 1. The lowest BCUT2D eigenvalue weighted by atomic mass is 10.2. The van der Waals surface area contributed by atoms with Gasteiger partial charge in [-0.2, -0.15) is 27.0 Å². The third-order valence-corrected chi connectivity index (χ3v) is 8.06. The first-order chi connectivity index (χ1) is 19.4. The predicted molar refractivity (Wildman–Crippen MR) is 140 cm³/mol. The molecule has 0 fully saturated rings. The summed E-state index contributed by atoms with van der Waals surface area (Å²) >= 11 is 0. The van der Waals surface area contributed by atoms with Crippen molar-refractivity contribution in [3.8, 4) is 5.75 Å². The van der Waals surface area contributed by atoms with E-state index in [1.807, 2.05) is 0 Å². The van der Waals surface area contributed by atoms with Crippen LogP contribution in [0.2, 0.25) is 0 Å². The van der Waals surface area contributed by atoms with Gasteiger partial charge in [0.05, 0.1) is 39.6 Å². The highest BCUT2D eigenvalue weighted by Gasteiger charge is 2.23. The molecule has 0 aliphatic rings. The van der Waals surface area contributed by atoms with Gasteiger partial charge in [-0.1, -0.05) is 0 Å². The molecule has 0 amide bonds. The van der Waals surface area contributed by atoms with Crippen LogP contribution >= 0.6 is 0 Å². The number of phenols is 1. The number of nitrogens with zero attached hydrogens (tertiary/aromatic N) is 3. The maximum absolute atomic E-state index is 12.8. The minimum absolute atomic E-state index is 0.139. The Morgan fingerprint density at radius 1 is 0.881 bits per heavy atom. The van der Waals surface area contributed by atoms with Gasteiger partial charge in [-0.05, 0) is 36.4 Å². The standard InChI is InChI=1S/C20H17N5O14S3/c26-16-6-5-15(23-21-13-3-1-11(25(29)30)9-17(13)27)20(28)19(16)24-22-14-4-2-12(10-18(14)41(33,34)35)40(31,32)8-7-39-42(36,37)38/h1-6,9-10,21-22,27H,7-8H2,(H,33,34,35)(H,36,37,38). The van der Waals surface area contributed by atoms with E-state index >= 15 is 0 Å². The van der Waals surface area contributed by atoms with E-state index in [2.05, 4.69) is 25.2 Å². The van der Waals surface area contributed by atoms with Gasteiger partial charge in [0.15, 0.2) is 15.2 Å². The molecule has 5 N–H and O–H groups in total. The van der Waals surface area contributed by atoms with Gasteiger partial charge in [0, 0.05) is 6.07 Å². The molecule has 19 nitrogen and oxygen atoms in total. The molecule has 3 aromatic rings. The van der Waals surface area contributed by atoms with Crippen molar-refractivity contribution < 1.29 is 48.6 Å². The van der Waals surface area contributed by atoms with Crippen LogP contribution in [0.3, 0.4) is 0 Å². The molecule has 0 aliphatic heterocycles. The molecule has 3 aromatic carbocycles. The van der Waals surface area contributed by atoms with Crippen molar-refractivity contribution >= 4 is 47.4 Å². The molecule has 0 saturated heterocycles. The first kappa shape index (κ1) is 31.9. The summed E-state index contributed by atoms with van der Waals surface area (Å²) in [4.78, 5) is 33.3. The second-order valence-electron chi connectivity index (χ2n) is 7.87. The number of aromatic hydroxyl groups is 1. The Morgan fingerprint density at radius 2 is 1.52 bits per heavy atom. The number of sulfone groups is 1. The predicted octanol–water partition coefficient (Wildman–Crippen LogP) is -1.41. The van der Waals surface area contributed by atoms with E-state index in [1.54, 1.807) is 0 Å². The summed E-state index contributed by atoms with van der Waals surface area (Å²) in [6.07, 6.45) is 0. The zero-order valence-corrected chi connectivity index (χ0v) is 22.9. The highest BCUT2D eigenvalue weighted by Crippen LogP contribution is 2.28. The SMILES string of the molecule is O=c1ccc(=NNc2ccc([N+](=O)[O-])cc2O)c(=O)c1=NNc1ccc(S(=O)(=O)CCOS(=O)(=O)O)cc1S(=O)(=O)O. The molecular formula is C20H17N5O14S3. The average molecular weight is 648 g/mol. The van der Waals surface area contributed by atoms with Gasteiger partial charge in [-0.3, -0.25) is 39.7 Å². The van der Waals surface area contributed by atoms with Crippen LogP contribution in [0.15, 0.2) is 78.1 Å². The number of phenolic OH excluding ortho intramolecular Hbond substituents is 1. The van der Waals surface area contributed by atoms with E-state index in [4.69, 9.17) is 4.55 Å². The third kappa shape index (κ3) is 7.99. The molecule has 0 aliphatic carbocycles. The van der Waals surface area contributed by atoms with Crippen LogP contribution in [-0.4, -0.2) is 56.7 Å². The molecule has 224 valence electrons. The highest BCUT2D eigenvalue weighted by molar-refractivity contribution is 7.91. The summed E-state index contributed by atoms with van der Waals surface area (Å²) < 4.78 is 92.0. The number of hydrogen-bond acceptors (Lipinski definition) is 16. The average Bonchev–Trinajstić information content (AvgIpc) is 2.87. The smallest absolute Gasteiger partial charge is 0.397 e. The highest BCUT2D eigenvalue weighted by atomic mass is 32.3. The van der Waals surface area contributed by atoms with E-state index in [1.165, 1.54) is 0 Å². The van der Waals surface area contributed by atoms with Crippen LogP contribution < -0.4 is 32.4 Å². The molecule has 0 bridgehead atoms. The fourth-order valence-electron chi connectivity index (χ4n) is 3.07. The molecule has 0 spiro atoms. The summed E-state index contributed by atoms with van der Waals surface area (Å²) in [6.45, 7) is -1.02. The minimum Gasteiger partial charge on any atom is -0.505 e. The van der Waals surface area contributed by atoms with Crippen LogP contribution in [0, 0.1) is 10.1 Å². The Morgan fingerprint density at radius 3 is 2.12 bits per heavy atom. The van der Waals surface area contributed by atoms with E-state index in [0.29, 0.717) is 6.07 Å². The number of nitro groups is 1. The maximum atomic E-state index is 12.8. The lowest BCUT2D eigenvalue weighted by molar-refractivity contribution is -0.384. The van der Waals surface area contributed by atoms with Gasteiger partial charge in [0.25, 0.3) is 15.8 Å². The van der Waals surface area contributed by atoms with Gasteiger partial charge < -0.3 is 5.11 Å². The Labute approximate surface area is 234 Å². The first-order valence-corrected chi connectivity index (χ1v) is 15.2. The molecule has 0 atom stereocenters. The van der Waals surface area contributed by atoms with E-state index in [9.17, 15) is 54.6 Å². The van der Waals surface area contributed by atoms with Gasteiger partial charge in [0.1, 0.15) is 16.0 Å². The summed E-state index contributed by atoms with van der Waals surface area (Å²) in [5.74, 6) is -1.60. The third-order valence-electron chi connectivity index (χ3n) is 5.03. The fraction of sp³-hybridized carbons (Fsp3) is 0.100. The number of hydrogen-bond donors (Lipinski definition) is 5. The summed E-state index contributed by atoms with van der Waals surface area (Å²) in [7, 11) is -14.5. The Balaban J connectivity index is 1.98. The van der Waals surface area contributed by atoms with Gasteiger partial charge in [0.2, 0.25) is 10.9 Å². The van der Waals surface area contributed by atoms with Crippen LogP contribution in [0.5, 0.6) is 5.75 Å². The summed E-state index contributed by atoms with van der Waals surface area (Å²) in [6, 6.07) is 6.93. The van der Waals surface area contributed by atoms with Crippen LogP contribution in [0.25, 0.3) is 0 Å². The molecule has 0 heterocycles. The van der Waals surface area contributed by atoms with Crippen LogP contribution in [-0.2, 0) is 34.5 Å². The number of rotatable bonds is 11. The van der Waals surface area contributed by atoms with E-state index in [0.717, 1.165) is 42.5 Å². The number of anilines is 2. The Bertz CT molecular complexity index is 2120. The second-order valence-corrected chi connectivity index (χ2v) is 12.5. The van der Waals surface area contributed by atoms with Crippen molar-refractivity contribution in [1.82, 2.24) is 0 Å². The zero-order valence-electron chi connectivity index (χ0n) is 20.4. The van der Waals surface area contributed by atoms with Crippen molar-refractivity contribution in [2.45, 2.75) is 9.79 Å². The molecule has 0 aromatic heterocycles. The Hall–Kier alpha value is -4.61. The molecule has 42 heavy (non-hydrogen) atoms. The normalized spacial score (nSPS) is 13.2. The van der Waals surface area contributed by atoms with Crippen molar-refractivity contribution in [1.29, 1.82) is 0 Å². The first-order valence-electron chi connectivity index (χ1n) is 10.8. The van der Waals surface area contributed by atoms with Crippen molar-refractivity contribution in [3.05, 3.63) is 89.8 Å². The van der Waals surface area contributed by atoms with Crippen LogP contribution in [0.4, 0.5) is 17.1 Å². The minimum atomic E-state index is -5.15. The zero-order chi connectivity index (χ0) is 31.5. The van der Waals surface area contributed by atoms with E-state index in [-0.39, 0.29) is 5.69 Å². The van der Waals surface area contributed by atoms with Crippen molar-refractivity contribution in [3.63, 3.8) is 0 Å². The van der Waals surface area contributed by atoms with Crippen molar-refractivity contribution in [2.24, 2.45) is 10.2 Å². The van der Waals surface area contributed by atoms with E-state index < -0.39 is 96.1 Å². The monoisotopic (exact) mass is 647 g/mol. The maximum Gasteiger partial charge on any atom is 0.397 e. The quantitative estimate of drug-likeness (QED) is 0.0691. The second kappa shape index (κ2) is 12.1. The van der Waals surface area contributed by atoms with Crippen LogP contribution in [0.1, 0.15) is 0 Å².